The highest BCUT2D eigenvalue weighted by Crippen LogP contribution is 2.18. The summed E-state index contributed by atoms with van der Waals surface area (Å²) in [6, 6.07) is 11.9. The predicted octanol–water partition coefficient (Wildman–Crippen LogP) is 2.45. The second-order valence-corrected chi connectivity index (χ2v) is 4.37. The van der Waals surface area contributed by atoms with Gasteiger partial charge >= 0.3 is 0 Å². The first-order valence-electron chi connectivity index (χ1n) is 6.01. The molecule has 0 unspecified atom stereocenters. The minimum atomic E-state index is 0.280. The number of nitriles is 1. The minimum absolute atomic E-state index is 0.280. The first-order valence-corrected chi connectivity index (χ1v) is 6.01. The van der Waals surface area contributed by atoms with Crippen molar-refractivity contribution in [3.05, 3.63) is 47.6 Å². The standard InChI is InChI=1S/C14H12N4O/c1-10-8-11(19-17-10)9-18-13-5-3-2-4-12(13)16-14(18)6-7-15/h2-5,8H,6,9H2,1H3. The summed E-state index contributed by atoms with van der Waals surface area (Å²) in [7, 11) is 0. The Balaban J connectivity index is 2.09. The van der Waals surface area contributed by atoms with Crippen LogP contribution in [-0.4, -0.2) is 14.7 Å². The number of rotatable bonds is 3. The molecular formula is C14H12N4O. The van der Waals surface area contributed by atoms with E-state index in [-0.39, 0.29) is 6.42 Å². The molecule has 1 aromatic carbocycles. The predicted molar refractivity (Wildman–Crippen MR) is 69.4 cm³/mol. The average Bonchev–Trinajstić information content (AvgIpc) is 2.96. The SMILES string of the molecule is Cc1cc(Cn2c(CC#N)nc3ccccc32)on1. The molecular weight excluding hydrogens is 240 g/mol. The second-order valence-electron chi connectivity index (χ2n) is 4.37. The molecule has 5 heteroatoms. The number of fused-ring (bicyclic) bond motifs is 1. The molecule has 0 fully saturated rings. The van der Waals surface area contributed by atoms with Gasteiger partial charge in [-0.3, -0.25) is 0 Å². The number of hydrogen-bond acceptors (Lipinski definition) is 4. The molecule has 0 N–H and O–H groups in total. The van der Waals surface area contributed by atoms with Crippen molar-refractivity contribution in [2.24, 2.45) is 0 Å². The van der Waals surface area contributed by atoms with Crippen LogP contribution < -0.4 is 0 Å². The van der Waals surface area contributed by atoms with Gasteiger partial charge in [-0.2, -0.15) is 5.26 Å². The van der Waals surface area contributed by atoms with Gasteiger partial charge < -0.3 is 9.09 Å². The van der Waals surface area contributed by atoms with Gasteiger partial charge in [0.25, 0.3) is 0 Å². The topological polar surface area (TPSA) is 67.6 Å². The first-order chi connectivity index (χ1) is 9.28. The largest absolute Gasteiger partial charge is 0.359 e. The smallest absolute Gasteiger partial charge is 0.156 e. The monoisotopic (exact) mass is 252 g/mol. The van der Waals surface area contributed by atoms with E-state index in [2.05, 4.69) is 16.2 Å². The van der Waals surface area contributed by atoms with Crippen molar-refractivity contribution in [1.29, 1.82) is 5.26 Å². The molecule has 0 radical (unpaired) electrons. The van der Waals surface area contributed by atoms with Crippen LogP contribution in [0.25, 0.3) is 11.0 Å². The average molecular weight is 252 g/mol. The van der Waals surface area contributed by atoms with Crippen LogP contribution in [0.1, 0.15) is 17.3 Å². The maximum atomic E-state index is 8.90. The van der Waals surface area contributed by atoms with Crippen molar-refractivity contribution in [3.8, 4) is 6.07 Å². The lowest BCUT2D eigenvalue weighted by molar-refractivity contribution is 0.373. The number of nitrogens with zero attached hydrogens (tertiary/aromatic N) is 4. The Morgan fingerprint density at radius 1 is 1.37 bits per heavy atom. The van der Waals surface area contributed by atoms with Gasteiger partial charge in [0.2, 0.25) is 0 Å². The summed E-state index contributed by atoms with van der Waals surface area (Å²) < 4.78 is 7.24. The van der Waals surface area contributed by atoms with E-state index in [1.807, 2.05) is 41.8 Å². The molecule has 0 saturated heterocycles. The summed E-state index contributed by atoms with van der Waals surface area (Å²) in [6.45, 7) is 2.42. The third kappa shape index (κ3) is 2.08. The fraction of sp³-hybridized carbons (Fsp3) is 0.214. The summed E-state index contributed by atoms with van der Waals surface area (Å²) in [4.78, 5) is 4.48. The molecule has 0 aliphatic carbocycles. The molecule has 0 saturated carbocycles. The van der Waals surface area contributed by atoms with Crippen LogP contribution in [0.5, 0.6) is 0 Å². The van der Waals surface area contributed by atoms with Gasteiger partial charge in [0.15, 0.2) is 5.76 Å². The zero-order chi connectivity index (χ0) is 13.2. The first kappa shape index (κ1) is 11.5. The third-order valence-corrected chi connectivity index (χ3v) is 2.96. The van der Waals surface area contributed by atoms with E-state index in [0.29, 0.717) is 6.54 Å². The molecule has 0 bridgehead atoms. The van der Waals surface area contributed by atoms with Crippen LogP contribution in [0.4, 0.5) is 0 Å². The number of hydrogen-bond donors (Lipinski definition) is 0. The summed E-state index contributed by atoms with van der Waals surface area (Å²) in [5.74, 6) is 1.51. The number of aryl methyl sites for hydroxylation is 1. The van der Waals surface area contributed by atoms with Gasteiger partial charge in [-0.25, -0.2) is 4.98 Å². The Kier molecular flexibility index (Phi) is 2.76. The van der Waals surface area contributed by atoms with E-state index in [1.54, 1.807) is 0 Å². The summed E-state index contributed by atoms with van der Waals surface area (Å²) >= 11 is 0. The highest BCUT2D eigenvalue weighted by molar-refractivity contribution is 5.76. The van der Waals surface area contributed by atoms with Crippen LogP contribution in [0.15, 0.2) is 34.9 Å². The van der Waals surface area contributed by atoms with Crippen molar-refractivity contribution in [1.82, 2.24) is 14.7 Å². The van der Waals surface area contributed by atoms with Gasteiger partial charge in [0, 0.05) is 6.07 Å². The van der Waals surface area contributed by atoms with Crippen LogP contribution in [0.3, 0.4) is 0 Å². The zero-order valence-electron chi connectivity index (χ0n) is 10.5. The maximum absolute atomic E-state index is 8.90. The molecule has 0 amide bonds. The highest BCUT2D eigenvalue weighted by Gasteiger charge is 2.12. The van der Waals surface area contributed by atoms with Gasteiger partial charge in [-0.15, -0.1) is 0 Å². The van der Waals surface area contributed by atoms with E-state index >= 15 is 0 Å². The van der Waals surface area contributed by atoms with E-state index in [0.717, 1.165) is 28.3 Å². The van der Waals surface area contributed by atoms with Gasteiger partial charge in [-0.1, -0.05) is 17.3 Å². The van der Waals surface area contributed by atoms with Crippen molar-refractivity contribution >= 4 is 11.0 Å². The Morgan fingerprint density at radius 3 is 2.95 bits per heavy atom. The fourth-order valence-electron chi connectivity index (χ4n) is 2.15. The fourth-order valence-corrected chi connectivity index (χ4v) is 2.15. The lowest BCUT2D eigenvalue weighted by Gasteiger charge is -2.04. The Hall–Kier alpha value is -2.61. The lowest BCUT2D eigenvalue weighted by Crippen LogP contribution is -2.04. The summed E-state index contributed by atoms with van der Waals surface area (Å²) in [6.07, 6.45) is 0.280. The summed E-state index contributed by atoms with van der Waals surface area (Å²) in [5, 5.41) is 12.8. The van der Waals surface area contributed by atoms with Gasteiger partial charge in [0.1, 0.15) is 5.82 Å². The normalized spacial score (nSPS) is 10.7. The highest BCUT2D eigenvalue weighted by atomic mass is 16.5. The molecule has 0 spiro atoms. The molecule has 0 atom stereocenters. The third-order valence-electron chi connectivity index (χ3n) is 2.96. The van der Waals surface area contributed by atoms with Crippen molar-refractivity contribution in [2.75, 3.05) is 0 Å². The Labute approximate surface area is 110 Å². The Morgan fingerprint density at radius 2 is 2.21 bits per heavy atom. The van der Waals surface area contributed by atoms with Crippen LogP contribution in [0.2, 0.25) is 0 Å². The van der Waals surface area contributed by atoms with Crippen molar-refractivity contribution in [3.63, 3.8) is 0 Å². The van der Waals surface area contributed by atoms with Crippen LogP contribution in [0, 0.1) is 18.3 Å². The van der Waals surface area contributed by atoms with Crippen LogP contribution >= 0.6 is 0 Å². The van der Waals surface area contributed by atoms with Crippen molar-refractivity contribution < 1.29 is 4.52 Å². The number of aromatic nitrogens is 3. The molecule has 0 aliphatic heterocycles. The molecule has 3 aromatic rings. The minimum Gasteiger partial charge on any atom is -0.359 e. The molecule has 2 aromatic heterocycles. The molecule has 3 rings (SSSR count). The molecule has 0 aliphatic rings. The maximum Gasteiger partial charge on any atom is 0.156 e. The van der Waals surface area contributed by atoms with Crippen LogP contribution in [-0.2, 0) is 13.0 Å². The van der Waals surface area contributed by atoms with Gasteiger partial charge in [0.05, 0.1) is 35.8 Å². The second kappa shape index (κ2) is 4.58. The number of imidazole rings is 1. The number of benzene rings is 1. The molecule has 2 heterocycles. The van der Waals surface area contributed by atoms with E-state index < -0.39 is 0 Å². The molecule has 19 heavy (non-hydrogen) atoms. The Bertz CT molecular complexity index is 763. The van der Waals surface area contributed by atoms with E-state index in [4.69, 9.17) is 9.78 Å². The van der Waals surface area contributed by atoms with Gasteiger partial charge in [-0.05, 0) is 19.1 Å². The van der Waals surface area contributed by atoms with E-state index in [9.17, 15) is 0 Å². The van der Waals surface area contributed by atoms with Crippen molar-refractivity contribution in [2.45, 2.75) is 19.9 Å². The number of para-hydroxylation sites is 2. The lowest BCUT2D eigenvalue weighted by atomic mass is 10.3. The van der Waals surface area contributed by atoms with E-state index in [1.165, 1.54) is 0 Å². The quantitative estimate of drug-likeness (QED) is 0.718. The zero-order valence-corrected chi connectivity index (χ0v) is 10.5. The molecule has 5 nitrogen and oxygen atoms in total. The molecule has 94 valence electrons. The summed E-state index contributed by atoms with van der Waals surface area (Å²) in [5.41, 5.74) is 2.74.